The van der Waals surface area contributed by atoms with E-state index in [4.69, 9.17) is 16.3 Å². The van der Waals surface area contributed by atoms with Gasteiger partial charge in [0.2, 0.25) is 5.91 Å². The number of halogens is 1. The highest BCUT2D eigenvalue weighted by Crippen LogP contribution is 2.25. The molecule has 10 nitrogen and oxygen atoms in total. The van der Waals surface area contributed by atoms with Crippen molar-refractivity contribution in [3.63, 3.8) is 0 Å². The normalized spacial score (nSPS) is 14.2. The number of nitrogens with zero attached hydrogens (tertiary/aromatic N) is 4. The fraction of sp³-hybridized carbons (Fsp3) is 0.318. The number of anilines is 1. The van der Waals surface area contributed by atoms with Crippen LogP contribution in [0.4, 0.5) is 11.4 Å². The minimum absolute atomic E-state index is 0.0387. The Morgan fingerprint density at radius 1 is 1.24 bits per heavy atom. The largest absolute Gasteiger partial charge is 0.370 e. The molecule has 0 atom stereocenters. The van der Waals surface area contributed by atoms with E-state index in [0.29, 0.717) is 41.2 Å². The first kappa shape index (κ1) is 24.1. The van der Waals surface area contributed by atoms with Crippen molar-refractivity contribution in [2.45, 2.75) is 18.6 Å². The summed E-state index contributed by atoms with van der Waals surface area (Å²) in [7, 11) is 0. The predicted molar refractivity (Wildman–Crippen MR) is 129 cm³/mol. The second kappa shape index (κ2) is 11.0. The van der Waals surface area contributed by atoms with E-state index in [9.17, 15) is 14.9 Å². The molecule has 4 rings (SSSR count). The lowest BCUT2D eigenvalue weighted by molar-refractivity contribution is -0.922. The van der Waals surface area contributed by atoms with Crippen LogP contribution in [-0.4, -0.2) is 57.7 Å². The first-order chi connectivity index (χ1) is 16.4. The average Bonchev–Trinajstić information content (AvgIpc) is 3.22. The van der Waals surface area contributed by atoms with Crippen LogP contribution >= 0.6 is 23.4 Å². The highest BCUT2D eigenvalue weighted by molar-refractivity contribution is 7.99. The topological polar surface area (TPSA) is 117 Å². The van der Waals surface area contributed by atoms with Crippen molar-refractivity contribution in [3.8, 4) is 5.69 Å². The fourth-order valence-corrected chi connectivity index (χ4v) is 4.53. The number of hydrogen-bond acceptors (Lipinski definition) is 7. The van der Waals surface area contributed by atoms with E-state index in [0.717, 1.165) is 24.6 Å². The zero-order valence-electron chi connectivity index (χ0n) is 18.5. The molecule has 34 heavy (non-hydrogen) atoms. The number of thioether (sulfide) groups is 1. The number of aryl methyl sites for hydroxylation is 1. The third-order valence-corrected chi connectivity index (χ3v) is 6.60. The Morgan fingerprint density at radius 3 is 2.68 bits per heavy atom. The molecule has 0 unspecified atom stereocenters. The molecular weight excluding hydrogens is 480 g/mol. The summed E-state index contributed by atoms with van der Waals surface area (Å²) in [6.07, 6.45) is 0. The molecule has 1 fully saturated rings. The van der Waals surface area contributed by atoms with E-state index in [1.807, 2.05) is 16.7 Å². The van der Waals surface area contributed by atoms with Crippen molar-refractivity contribution in [1.29, 1.82) is 0 Å². The Bertz CT molecular complexity index is 1180. The van der Waals surface area contributed by atoms with Crippen LogP contribution in [0.3, 0.4) is 0 Å². The monoisotopic (exact) mass is 503 g/mol. The highest BCUT2D eigenvalue weighted by atomic mass is 35.5. The van der Waals surface area contributed by atoms with Gasteiger partial charge in [0.25, 0.3) is 5.69 Å². The Labute approximate surface area is 205 Å². The molecule has 0 radical (unpaired) electrons. The maximum Gasteiger partial charge on any atom is 0.274 e. The minimum Gasteiger partial charge on any atom is -0.370 e. The lowest BCUT2D eigenvalue weighted by atomic mass is 10.2. The van der Waals surface area contributed by atoms with Gasteiger partial charge in [-0.1, -0.05) is 29.4 Å². The SMILES string of the molecule is Cc1ccc(NC(=O)CSc2nnc(C[NH+]3CCOCC3)n2-c2ccc(Cl)cc2)cc1[N+](=O)[O-]. The number of hydrogen-bond donors (Lipinski definition) is 2. The summed E-state index contributed by atoms with van der Waals surface area (Å²) in [5, 5.41) is 23.8. The van der Waals surface area contributed by atoms with Gasteiger partial charge in [0.15, 0.2) is 11.0 Å². The summed E-state index contributed by atoms with van der Waals surface area (Å²) in [6, 6.07) is 12.0. The molecule has 178 valence electrons. The fourth-order valence-electron chi connectivity index (χ4n) is 3.63. The number of carbonyl (C=O) groups is 1. The first-order valence-electron chi connectivity index (χ1n) is 10.7. The number of ether oxygens (including phenoxy) is 1. The molecule has 12 heteroatoms. The molecule has 0 bridgehead atoms. The van der Waals surface area contributed by atoms with E-state index >= 15 is 0 Å². The molecule has 1 aliphatic heterocycles. The summed E-state index contributed by atoms with van der Waals surface area (Å²) >= 11 is 7.32. The maximum absolute atomic E-state index is 12.6. The second-order valence-electron chi connectivity index (χ2n) is 7.85. The Kier molecular flexibility index (Phi) is 7.78. The molecule has 2 N–H and O–H groups in total. The number of morpholine rings is 1. The number of quaternary nitrogens is 1. The molecule has 0 aliphatic carbocycles. The van der Waals surface area contributed by atoms with Gasteiger partial charge >= 0.3 is 0 Å². The zero-order chi connectivity index (χ0) is 24.1. The summed E-state index contributed by atoms with van der Waals surface area (Å²) in [4.78, 5) is 24.6. The van der Waals surface area contributed by atoms with Crippen LogP contribution in [-0.2, 0) is 16.1 Å². The number of amides is 1. The van der Waals surface area contributed by atoms with E-state index in [1.165, 1.54) is 22.7 Å². The quantitative estimate of drug-likeness (QED) is 0.275. The molecule has 1 aromatic heterocycles. The third-order valence-electron chi connectivity index (χ3n) is 5.42. The molecule has 2 heterocycles. The van der Waals surface area contributed by atoms with Crippen molar-refractivity contribution in [1.82, 2.24) is 14.8 Å². The predicted octanol–water partition coefficient (Wildman–Crippen LogP) is 2.28. The van der Waals surface area contributed by atoms with Crippen LogP contribution in [0.2, 0.25) is 5.02 Å². The number of nitro groups is 1. The van der Waals surface area contributed by atoms with Gasteiger partial charge in [-0.3, -0.25) is 19.5 Å². The van der Waals surface area contributed by atoms with Crippen molar-refractivity contribution in [2.24, 2.45) is 0 Å². The van der Waals surface area contributed by atoms with Gasteiger partial charge < -0.3 is 15.0 Å². The van der Waals surface area contributed by atoms with Gasteiger partial charge in [-0.25, -0.2) is 0 Å². The van der Waals surface area contributed by atoms with Crippen LogP contribution in [0.25, 0.3) is 5.69 Å². The van der Waals surface area contributed by atoms with Crippen LogP contribution in [0, 0.1) is 17.0 Å². The Balaban J connectivity index is 1.49. The summed E-state index contributed by atoms with van der Waals surface area (Å²) in [5.74, 6) is 0.558. The second-order valence-corrected chi connectivity index (χ2v) is 9.22. The number of nitrogens with one attached hydrogen (secondary N) is 2. The summed E-state index contributed by atoms with van der Waals surface area (Å²) < 4.78 is 7.39. The number of nitro benzene ring substituents is 1. The van der Waals surface area contributed by atoms with Gasteiger partial charge in [-0.05, 0) is 37.3 Å². The smallest absolute Gasteiger partial charge is 0.274 e. The number of rotatable bonds is 8. The molecule has 3 aromatic rings. The van der Waals surface area contributed by atoms with Crippen LogP contribution in [0.1, 0.15) is 11.4 Å². The molecule has 2 aromatic carbocycles. The van der Waals surface area contributed by atoms with Crippen molar-refractivity contribution < 1.29 is 19.4 Å². The Hall–Kier alpha value is -2.99. The van der Waals surface area contributed by atoms with Crippen molar-refractivity contribution in [2.75, 3.05) is 37.4 Å². The zero-order valence-corrected chi connectivity index (χ0v) is 20.1. The van der Waals surface area contributed by atoms with Crippen LogP contribution < -0.4 is 10.2 Å². The van der Waals surface area contributed by atoms with Crippen molar-refractivity contribution >= 4 is 40.6 Å². The molecule has 0 saturated carbocycles. The van der Waals surface area contributed by atoms with E-state index in [-0.39, 0.29) is 17.3 Å². The van der Waals surface area contributed by atoms with Gasteiger partial charge in [-0.2, -0.15) is 0 Å². The molecule has 1 saturated heterocycles. The van der Waals surface area contributed by atoms with Crippen LogP contribution in [0.5, 0.6) is 0 Å². The van der Waals surface area contributed by atoms with Gasteiger partial charge in [-0.15, -0.1) is 10.2 Å². The third kappa shape index (κ3) is 5.92. The molecule has 1 aliphatic rings. The van der Waals surface area contributed by atoms with Crippen molar-refractivity contribution in [3.05, 3.63) is 69.0 Å². The standard InChI is InChI=1S/C22H23ClN6O4S/c1-15-2-5-17(12-19(15)29(31)32)24-21(30)14-34-22-26-25-20(13-27-8-10-33-11-9-27)28(22)18-6-3-16(23)4-7-18/h2-7,12H,8-11,13-14H2,1H3,(H,24,30)/p+1. The lowest BCUT2D eigenvalue weighted by Gasteiger charge is -2.23. The van der Waals surface area contributed by atoms with Gasteiger partial charge in [0.05, 0.1) is 23.9 Å². The number of carbonyl (C=O) groups excluding carboxylic acids is 1. The molecule has 0 spiro atoms. The lowest BCUT2D eigenvalue weighted by Crippen LogP contribution is -3.12. The number of aromatic nitrogens is 3. The molecular formula is C22H24ClN6O4S+. The Morgan fingerprint density at radius 2 is 1.97 bits per heavy atom. The van der Waals surface area contributed by atoms with Gasteiger partial charge in [0, 0.05) is 28.0 Å². The van der Waals surface area contributed by atoms with Gasteiger partial charge in [0.1, 0.15) is 19.6 Å². The average molecular weight is 504 g/mol. The van der Waals surface area contributed by atoms with E-state index in [2.05, 4.69) is 15.5 Å². The summed E-state index contributed by atoms with van der Waals surface area (Å²) in [5.41, 5.74) is 1.72. The maximum atomic E-state index is 12.6. The minimum atomic E-state index is -0.466. The highest BCUT2D eigenvalue weighted by Gasteiger charge is 2.22. The van der Waals surface area contributed by atoms with E-state index in [1.54, 1.807) is 31.2 Å². The van der Waals surface area contributed by atoms with E-state index < -0.39 is 4.92 Å². The summed E-state index contributed by atoms with van der Waals surface area (Å²) in [6.45, 7) is 5.53. The first-order valence-corrected chi connectivity index (χ1v) is 12.1. The van der Waals surface area contributed by atoms with Crippen LogP contribution in [0.15, 0.2) is 47.6 Å². The number of benzene rings is 2. The molecule has 1 amide bonds.